The van der Waals surface area contributed by atoms with Crippen molar-refractivity contribution in [2.75, 3.05) is 5.32 Å². The lowest BCUT2D eigenvalue weighted by Gasteiger charge is -2.06. The van der Waals surface area contributed by atoms with Crippen molar-refractivity contribution in [1.29, 1.82) is 0 Å². The maximum atomic E-state index is 12.1. The van der Waals surface area contributed by atoms with E-state index < -0.39 is 0 Å². The highest BCUT2D eigenvalue weighted by Crippen LogP contribution is 2.32. The molecule has 1 N–H and O–H groups in total. The standard InChI is InChI=1S/C12H8Br2ClNOS/c1-6-5-9(18-11(6)14)12(17)16-8-4-2-3-7(15)10(8)13/h2-5H,1H3,(H,16,17). The third-order valence-corrected chi connectivity index (χ3v) is 5.81. The third-order valence-electron chi connectivity index (χ3n) is 2.28. The van der Waals surface area contributed by atoms with E-state index >= 15 is 0 Å². The summed E-state index contributed by atoms with van der Waals surface area (Å²) in [6.07, 6.45) is 0. The molecule has 0 unspecified atom stereocenters. The van der Waals surface area contributed by atoms with E-state index in [2.05, 4.69) is 37.2 Å². The second kappa shape index (κ2) is 5.74. The average molecular weight is 410 g/mol. The van der Waals surface area contributed by atoms with Gasteiger partial charge in [-0.05, 0) is 62.5 Å². The number of carbonyl (C=O) groups excluding carboxylic acids is 1. The Morgan fingerprint density at radius 1 is 1.39 bits per heavy atom. The fraction of sp³-hybridized carbons (Fsp3) is 0.0833. The van der Waals surface area contributed by atoms with Crippen LogP contribution in [0.15, 0.2) is 32.5 Å². The summed E-state index contributed by atoms with van der Waals surface area (Å²) in [4.78, 5) is 12.7. The Kier molecular flexibility index (Phi) is 4.48. The summed E-state index contributed by atoms with van der Waals surface area (Å²) in [6.45, 7) is 1.95. The summed E-state index contributed by atoms with van der Waals surface area (Å²) in [5.74, 6) is -0.142. The molecule has 1 amide bonds. The van der Waals surface area contributed by atoms with E-state index in [1.54, 1.807) is 18.2 Å². The van der Waals surface area contributed by atoms with Gasteiger partial charge in [-0.25, -0.2) is 0 Å². The number of rotatable bonds is 2. The molecule has 6 heteroatoms. The van der Waals surface area contributed by atoms with E-state index in [1.807, 2.05) is 13.0 Å². The minimum atomic E-state index is -0.142. The Labute approximate surface area is 131 Å². The van der Waals surface area contributed by atoms with Crippen molar-refractivity contribution in [2.45, 2.75) is 6.92 Å². The van der Waals surface area contributed by atoms with Crippen LogP contribution in [0.25, 0.3) is 0 Å². The van der Waals surface area contributed by atoms with Gasteiger partial charge in [-0.15, -0.1) is 11.3 Å². The summed E-state index contributed by atoms with van der Waals surface area (Å²) in [7, 11) is 0. The first-order valence-electron chi connectivity index (χ1n) is 5.00. The van der Waals surface area contributed by atoms with Crippen LogP contribution in [0.1, 0.15) is 15.2 Å². The van der Waals surface area contributed by atoms with Gasteiger partial charge < -0.3 is 5.32 Å². The predicted octanol–water partition coefficient (Wildman–Crippen LogP) is 5.49. The van der Waals surface area contributed by atoms with Crippen LogP contribution in [0, 0.1) is 6.92 Å². The summed E-state index contributed by atoms with van der Waals surface area (Å²) in [5, 5.41) is 3.39. The maximum Gasteiger partial charge on any atom is 0.265 e. The lowest BCUT2D eigenvalue weighted by atomic mass is 10.3. The van der Waals surface area contributed by atoms with Crippen LogP contribution in [-0.4, -0.2) is 5.91 Å². The molecule has 0 spiro atoms. The minimum absolute atomic E-state index is 0.142. The number of halogens is 3. The third kappa shape index (κ3) is 2.96. The second-order valence-corrected chi connectivity index (χ2v) is 7.19. The first-order valence-corrected chi connectivity index (χ1v) is 7.78. The van der Waals surface area contributed by atoms with Gasteiger partial charge in [-0.3, -0.25) is 4.79 Å². The molecule has 18 heavy (non-hydrogen) atoms. The van der Waals surface area contributed by atoms with Gasteiger partial charge in [0.25, 0.3) is 5.91 Å². The molecule has 0 saturated heterocycles. The number of aryl methyl sites for hydroxylation is 1. The highest BCUT2D eigenvalue weighted by atomic mass is 79.9. The van der Waals surface area contributed by atoms with E-state index in [0.717, 1.165) is 9.35 Å². The number of benzene rings is 1. The number of hydrogen-bond donors (Lipinski definition) is 1. The molecular weight excluding hydrogens is 401 g/mol. The number of anilines is 1. The molecule has 0 aliphatic rings. The molecule has 1 aromatic carbocycles. The predicted molar refractivity (Wildman–Crippen MR) is 83.9 cm³/mol. The molecule has 0 saturated carbocycles. The lowest BCUT2D eigenvalue weighted by Crippen LogP contribution is -2.10. The zero-order valence-electron chi connectivity index (χ0n) is 9.26. The number of carbonyl (C=O) groups is 1. The molecule has 0 aliphatic carbocycles. The number of nitrogens with one attached hydrogen (secondary N) is 1. The average Bonchev–Trinajstić information content (AvgIpc) is 2.66. The lowest BCUT2D eigenvalue weighted by molar-refractivity contribution is 0.103. The largest absolute Gasteiger partial charge is 0.320 e. The van der Waals surface area contributed by atoms with Crippen molar-refractivity contribution in [2.24, 2.45) is 0 Å². The van der Waals surface area contributed by atoms with Crippen molar-refractivity contribution < 1.29 is 4.79 Å². The van der Waals surface area contributed by atoms with Gasteiger partial charge in [0.1, 0.15) is 0 Å². The first-order chi connectivity index (χ1) is 8.49. The van der Waals surface area contributed by atoms with E-state index in [9.17, 15) is 4.79 Å². The normalized spacial score (nSPS) is 10.4. The Balaban J connectivity index is 2.24. The molecule has 0 atom stereocenters. The van der Waals surface area contributed by atoms with Crippen LogP contribution in [0.2, 0.25) is 5.02 Å². The van der Waals surface area contributed by atoms with Gasteiger partial charge >= 0.3 is 0 Å². The monoisotopic (exact) mass is 407 g/mol. The maximum absolute atomic E-state index is 12.1. The van der Waals surface area contributed by atoms with Crippen molar-refractivity contribution in [3.05, 3.63) is 48.0 Å². The van der Waals surface area contributed by atoms with Gasteiger partial charge in [0.05, 0.1) is 23.8 Å². The Bertz CT molecular complexity index is 593. The molecule has 94 valence electrons. The fourth-order valence-corrected chi connectivity index (χ4v) is 3.32. The Hall–Kier alpha value is -0.360. The van der Waals surface area contributed by atoms with Crippen LogP contribution in [0.3, 0.4) is 0 Å². The topological polar surface area (TPSA) is 29.1 Å². The molecule has 2 nitrogen and oxygen atoms in total. The minimum Gasteiger partial charge on any atom is -0.320 e. The van der Waals surface area contributed by atoms with Crippen LogP contribution in [0.5, 0.6) is 0 Å². The summed E-state index contributed by atoms with van der Waals surface area (Å²) < 4.78 is 1.66. The highest BCUT2D eigenvalue weighted by molar-refractivity contribution is 9.11. The van der Waals surface area contributed by atoms with Crippen molar-refractivity contribution in [3.8, 4) is 0 Å². The van der Waals surface area contributed by atoms with E-state index in [-0.39, 0.29) is 5.91 Å². The van der Waals surface area contributed by atoms with Crippen molar-refractivity contribution in [3.63, 3.8) is 0 Å². The highest BCUT2D eigenvalue weighted by Gasteiger charge is 2.13. The smallest absolute Gasteiger partial charge is 0.265 e. The van der Waals surface area contributed by atoms with Gasteiger partial charge in [-0.1, -0.05) is 17.7 Å². The van der Waals surface area contributed by atoms with Gasteiger partial charge in [0, 0.05) is 0 Å². The molecule has 2 rings (SSSR count). The molecule has 0 radical (unpaired) electrons. The fourth-order valence-electron chi connectivity index (χ4n) is 1.36. The molecule has 0 bridgehead atoms. The Morgan fingerprint density at radius 3 is 2.72 bits per heavy atom. The number of amides is 1. The van der Waals surface area contributed by atoms with Crippen LogP contribution < -0.4 is 5.32 Å². The van der Waals surface area contributed by atoms with Gasteiger partial charge in [0.15, 0.2) is 0 Å². The first kappa shape index (κ1) is 14.1. The molecule has 2 aromatic rings. The van der Waals surface area contributed by atoms with Crippen LogP contribution in [-0.2, 0) is 0 Å². The van der Waals surface area contributed by atoms with Crippen molar-refractivity contribution >= 4 is 66.4 Å². The zero-order valence-corrected chi connectivity index (χ0v) is 14.0. The second-order valence-electron chi connectivity index (χ2n) is 3.62. The SMILES string of the molecule is Cc1cc(C(=O)Nc2cccc(Cl)c2Br)sc1Br. The number of thiophene rings is 1. The zero-order chi connectivity index (χ0) is 13.3. The van der Waals surface area contributed by atoms with Gasteiger partial charge in [-0.2, -0.15) is 0 Å². The van der Waals surface area contributed by atoms with E-state index in [0.29, 0.717) is 20.1 Å². The van der Waals surface area contributed by atoms with Crippen LogP contribution >= 0.6 is 54.8 Å². The summed E-state index contributed by atoms with van der Waals surface area (Å²) in [5.41, 5.74) is 1.71. The number of hydrogen-bond acceptors (Lipinski definition) is 2. The van der Waals surface area contributed by atoms with E-state index in [4.69, 9.17) is 11.6 Å². The molecule has 1 heterocycles. The molecular formula is C12H8Br2ClNOS. The summed E-state index contributed by atoms with van der Waals surface area (Å²) >= 11 is 14.1. The summed E-state index contributed by atoms with van der Waals surface area (Å²) in [6, 6.07) is 7.19. The Morgan fingerprint density at radius 2 is 2.11 bits per heavy atom. The van der Waals surface area contributed by atoms with Gasteiger partial charge in [0.2, 0.25) is 0 Å². The van der Waals surface area contributed by atoms with Crippen molar-refractivity contribution in [1.82, 2.24) is 0 Å². The van der Waals surface area contributed by atoms with Crippen LogP contribution in [0.4, 0.5) is 5.69 Å². The van der Waals surface area contributed by atoms with E-state index in [1.165, 1.54) is 11.3 Å². The molecule has 1 aromatic heterocycles. The quantitative estimate of drug-likeness (QED) is 0.698. The molecule has 0 aliphatic heterocycles. The molecule has 0 fully saturated rings.